The van der Waals surface area contributed by atoms with Gasteiger partial charge in [-0.1, -0.05) is 49.4 Å². The Labute approximate surface area is 315 Å². The summed E-state index contributed by atoms with van der Waals surface area (Å²) in [6.07, 6.45) is 5.74. The lowest BCUT2D eigenvalue weighted by atomic mass is 9.76. The molecular weight excluding hydrogens is 684 g/mol. The van der Waals surface area contributed by atoms with Gasteiger partial charge in [0.2, 0.25) is 11.5 Å². The van der Waals surface area contributed by atoms with Crippen molar-refractivity contribution in [3.05, 3.63) is 108 Å². The molecule has 282 valence electrons. The standard InChI is InChI=1S/C43H48N4O7/c1-4-11-38(48)54-37-27-31(26-36(51-2)40(37)52-3)42(50)46-24-20-43(29-46,32-12-6-5-7-13-32)19-23-45-21-17-30(18-22-45)39(49)41-44-34-15-8-9-16-35(34)47(41)28-33-14-10-25-53-33/h5-10,12-16,25-27,30H,4,11,17-24,28-29H2,1-3H3. The number of Topliss-reactive ketones (excluding diaryl/α,β-unsaturated/α-hetero) is 1. The lowest BCUT2D eigenvalue weighted by Gasteiger charge is -2.36. The van der Waals surface area contributed by atoms with Gasteiger partial charge in [-0.3, -0.25) is 14.4 Å². The van der Waals surface area contributed by atoms with Crippen molar-refractivity contribution in [2.24, 2.45) is 5.92 Å². The van der Waals surface area contributed by atoms with Crippen LogP contribution in [0, 0.1) is 5.92 Å². The van der Waals surface area contributed by atoms with Gasteiger partial charge in [0, 0.05) is 36.4 Å². The van der Waals surface area contributed by atoms with E-state index in [1.807, 2.05) is 58.9 Å². The third-order valence-corrected chi connectivity index (χ3v) is 11.0. The molecule has 0 bridgehead atoms. The Bertz CT molecular complexity index is 2090. The van der Waals surface area contributed by atoms with E-state index >= 15 is 0 Å². The van der Waals surface area contributed by atoms with E-state index in [2.05, 4.69) is 29.2 Å². The molecule has 4 heterocycles. The van der Waals surface area contributed by atoms with Crippen LogP contribution in [0.25, 0.3) is 11.0 Å². The molecule has 0 spiro atoms. The number of rotatable bonds is 14. The molecule has 0 aliphatic carbocycles. The van der Waals surface area contributed by atoms with Crippen molar-refractivity contribution in [1.29, 1.82) is 0 Å². The number of benzene rings is 3. The predicted molar refractivity (Wildman–Crippen MR) is 204 cm³/mol. The maximum atomic E-state index is 14.1. The quantitative estimate of drug-likeness (QED) is 0.0666. The number of aromatic nitrogens is 2. The number of likely N-dealkylation sites (tertiary alicyclic amines) is 2. The Morgan fingerprint density at radius 2 is 1.67 bits per heavy atom. The summed E-state index contributed by atoms with van der Waals surface area (Å²) in [5.74, 6) is 1.47. The van der Waals surface area contributed by atoms with Gasteiger partial charge in [0.15, 0.2) is 17.3 Å². The molecule has 2 aliphatic heterocycles. The summed E-state index contributed by atoms with van der Waals surface area (Å²) in [5.41, 5.74) is 3.07. The molecular formula is C43H48N4O7. The van der Waals surface area contributed by atoms with Crippen molar-refractivity contribution in [2.45, 2.75) is 57.4 Å². The highest BCUT2D eigenvalue weighted by Gasteiger charge is 2.42. The molecule has 2 saturated heterocycles. The second-order valence-corrected chi connectivity index (χ2v) is 14.4. The molecule has 0 saturated carbocycles. The van der Waals surface area contributed by atoms with Crippen LogP contribution in [0.5, 0.6) is 17.2 Å². The zero-order valence-electron chi connectivity index (χ0n) is 31.3. The van der Waals surface area contributed by atoms with Gasteiger partial charge in [0.25, 0.3) is 5.91 Å². The summed E-state index contributed by atoms with van der Waals surface area (Å²) < 4.78 is 24.3. The average Bonchev–Trinajstić information content (AvgIpc) is 3.97. The highest BCUT2D eigenvalue weighted by molar-refractivity contribution is 5.98. The van der Waals surface area contributed by atoms with Crippen LogP contribution < -0.4 is 14.2 Å². The highest BCUT2D eigenvalue weighted by atomic mass is 16.6. The predicted octanol–water partition coefficient (Wildman–Crippen LogP) is 7.17. The summed E-state index contributed by atoms with van der Waals surface area (Å²) in [4.78, 5) is 49.7. The van der Waals surface area contributed by atoms with Crippen molar-refractivity contribution in [3.8, 4) is 17.2 Å². The SMILES string of the molecule is CCCC(=O)Oc1cc(C(=O)N2CCC(CCN3CCC(C(=O)c4nc5ccccc5n4Cc4ccco4)CC3)(c3ccccc3)C2)cc(OC)c1OC. The largest absolute Gasteiger partial charge is 0.493 e. The highest BCUT2D eigenvalue weighted by Crippen LogP contribution is 2.42. The molecule has 1 unspecified atom stereocenters. The van der Waals surface area contributed by atoms with E-state index in [0.717, 1.165) is 62.1 Å². The number of hydrogen-bond donors (Lipinski definition) is 0. The minimum atomic E-state index is -0.398. The van der Waals surface area contributed by atoms with Gasteiger partial charge in [-0.25, -0.2) is 4.98 Å². The first kappa shape index (κ1) is 36.9. The molecule has 2 aromatic heterocycles. The van der Waals surface area contributed by atoms with Crippen LogP contribution in [0.4, 0.5) is 0 Å². The van der Waals surface area contributed by atoms with Crippen molar-refractivity contribution in [3.63, 3.8) is 0 Å². The minimum Gasteiger partial charge on any atom is -0.493 e. The smallest absolute Gasteiger partial charge is 0.311 e. The van der Waals surface area contributed by atoms with Crippen molar-refractivity contribution in [1.82, 2.24) is 19.4 Å². The van der Waals surface area contributed by atoms with E-state index in [9.17, 15) is 14.4 Å². The van der Waals surface area contributed by atoms with Gasteiger partial charge < -0.3 is 33.0 Å². The van der Waals surface area contributed by atoms with Gasteiger partial charge in [-0.2, -0.15) is 0 Å². The summed E-state index contributed by atoms with van der Waals surface area (Å²) in [6, 6.07) is 25.3. The first-order valence-electron chi connectivity index (χ1n) is 18.9. The number of methoxy groups -OCH3 is 2. The minimum absolute atomic E-state index is 0.0848. The number of imidazole rings is 1. The first-order chi connectivity index (χ1) is 26.3. The number of piperidine rings is 1. The molecule has 1 amide bonds. The third-order valence-electron chi connectivity index (χ3n) is 11.0. The number of carbonyl (C=O) groups is 3. The molecule has 0 radical (unpaired) electrons. The Kier molecular flexibility index (Phi) is 11.1. The van der Waals surface area contributed by atoms with Crippen LogP contribution in [0.15, 0.2) is 89.5 Å². The molecule has 5 aromatic rings. The van der Waals surface area contributed by atoms with Crippen LogP contribution in [0.3, 0.4) is 0 Å². The Balaban J connectivity index is 1.04. The molecule has 0 N–H and O–H groups in total. The lowest BCUT2D eigenvalue weighted by Crippen LogP contribution is -2.41. The maximum Gasteiger partial charge on any atom is 0.311 e. The zero-order chi connectivity index (χ0) is 37.7. The second-order valence-electron chi connectivity index (χ2n) is 14.4. The van der Waals surface area contributed by atoms with Gasteiger partial charge in [-0.15, -0.1) is 0 Å². The van der Waals surface area contributed by atoms with E-state index < -0.39 is 5.97 Å². The van der Waals surface area contributed by atoms with E-state index in [-0.39, 0.29) is 40.9 Å². The molecule has 11 nitrogen and oxygen atoms in total. The summed E-state index contributed by atoms with van der Waals surface area (Å²) in [6.45, 7) is 5.97. The van der Waals surface area contributed by atoms with Crippen LogP contribution in [0.1, 0.15) is 77.7 Å². The fourth-order valence-corrected chi connectivity index (χ4v) is 8.07. The molecule has 3 aromatic carbocycles. The second kappa shape index (κ2) is 16.3. The average molecular weight is 733 g/mol. The van der Waals surface area contributed by atoms with Crippen LogP contribution in [-0.2, 0) is 16.8 Å². The number of nitrogens with zero attached hydrogens (tertiary/aromatic N) is 4. The number of fused-ring (bicyclic) bond motifs is 1. The van der Waals surface area contributed by atoms with Crippen molar-refractivity contribution < 1.29 is 33.0 Å². The third kappa shape index (κ3) is 7.64. The molecule has 7 rings (SSSR count). The van der Waals surface area contributed by atoms with E-state index in [1.165, 1.54) is 19.8 Å². The summed E-state index contributed by atoms with van der Waals surface area (Å²) in [5, 5.41) is 0. The number of esters is 1. The number of ether oxygens (including phenoxy) is 3. The lowest BCUT2D eigenvalue weighted by molar-refractivity contribution is -0.134. The fourth-order valence-electron chi connectivity index (χ4n) is 8.07. The Morgan fingerprint density at radius 1 is 0.907 bits per heavy atom. The monoisotopic (exact) mass is 732 g/mol. The van der Waals surface area contributed by atoms with E-state index in [1.54, 1.807) is 18.4 Å². The summed E-state index contributed by atoms with van der Waals surface area (Å²) in [7, 11) is 2.98. The number of para-hydroxylation sites is 2. The van der Waals surface area contributed by atoms with E-state index in [4.69, 9.17) is 23.6 Å². The topological polar surface area (TPSA) is 116 Å². The molecule has 2 aliphatic rings. The van der Waals surface area contributed by atoms with Gasteiger partial charge in [0.05, 0.1) is 38.1 Å². The molecule has 54 heavy (non-hydrogen) atoms. The van der Waals surface area contributed by atoms with Gasteiger partial charge in [-0.05, 0) is 93.7 Å². The number of furan rings is 1. The van der Waals surface area contributed by atoms with Gasteiger partial charge in [0.1, 0.15) is 5.76 Å². The number of hydrogen-bond acceptors (Lipinski definition) is 9. The van der Waals surface area contributed by atoms with Crippen LogP contribution >= 0.6 is 0 Å². The first-order valence-corrected chi connectivity index (χ1v) is 18.9. The van der Waals surface area contributed by atoms with Crippen molar-refractivity contribution >= 4 is 28.7 Å². The maximum absolute atomic E-state index is 14.1. The normalized spacial score (nSPS) is 17.9. The number of ketones is 1. The van der Waals surface area contributed by atoms with E-state index in [0.29, 0.717) is 43.2 Å². The Morgan fingerprint density at radius 3 is 2.39 bits per heavy atom. The van der Waals surface area contributed by atoms with Crippen LogP contribution in [0.2, 0.25) is 0 Å². The molecule has 11 heteroatoms. The molecule has 1 atom stereocenters. The Hall–Kier alpha value is -5.42. The molecule has 2 fully saturated rings. The zero-order valence-corrected chi connectivity index (χ0v) is 31.3. The van der Waals surface area contributed by atoms with Gasteiger partial charge >= 0.3 is 5.97 Å². The fraction of sp³-hybridized carbons (Fsp3) is 0.395. The van der Waals surface area contributed by atoms with Crippen molar-refractivity contribution in [2.75, 3.05) is 46.9 Å². The summed E-state index contributed by atoms with van der Waals surface area (Å²) >= 11 is 0. The number of carbonyl (C=O) groups excluding carboxylic acids is 3. The van der Waals surface area contributed by atoms with Crippen LogP contribution in [-0.4, -0.2) is 84.0 Å². The number of amides is 1.